The molecule has 1 atom stereocenters. The summed E-state index contributed by atoms with van der Waals surface area (Å²) in [6.07, 6.45) is 0. The second-order valence-electron chi connectivity index (χ2n) is 6.75. The lowest BCUT2D eigenvalue weighted by atomic mass is 9.92. The van der Waals surface area contributed by atoms with Gasteiger partial charge in [0.1, 0.15) is 17.0 Å². The maximum Gasteiger partial charge on any atom is 0.344 e. The number of carbonyl (C=O) groups is 3. The average Bonchev–Trinajstić information content (AvgIpc) is 2.97. The molecule has 146 valence electrons. The maximum absolute atomic E-state index is 12.9. The van der Waals surface area contributed by atoms with Gasteiger partial charge in [0.05, 0.1) is 12.6 Å². The van der Waals surface area contributed by atoms with Crippen molar-refractivity contribution in [2.45, 2.75) is 12.5 Å². The third kappa shape index (κ3) is 3.14. The van der Waals surface area contributed by atoms with Gasteiger partial charge < -0.3 is 10.1 Å². The smallest absolute Gasteiger partial charge is 0.344 e. The van der Waals surface area contributed by atoms with Crippen LogP contribution in [-0.2, 0) is 10.3 Å². The predicted octanol–water partition coefficient (Wildman–Crippen LogP) is 2.36. The number of carbonyl (C=O) groups excluding carboxylic acids is 3. The second-order valence-corrected chi connectivity index (χ2v) is 6.75. The van der Waals surface area contributed by atoms with Gasteiger partial charge in [-0.3, -0.25) is 15.0 Å². The fourth-order valence-corrected chi connectivity index (χ4v) is 3.21. The number of nitrogens with one attached hydrogen (secondary N) is 2. The van der Waals surface area contributed by atoms with Gasteiger partial charge in [-0.05, 0) is 36.8 Å². The van der Waals surface area contributed by atoms with Crippen LogP contribution in [0.4, 0.5) is 4.79 Å². The molecule has 0 spiro atoms. The molecule has 2 N–H and O–H groups in total. The first-order chi connectivity index (χ1) is 13.9. The molecule has 2 aromatic carbocycles. The number of nitrogens with zero attached hydrogens (tertiary/aromatic N) is 2. The first kappa shape index (κ1) is 18.4. The van der Waals surface area contributed by atoms with Gasteiger partial charge in [0.15, 0.2) is 0 Å². The highest BCUT2D eigenvalue weighted by atomic mass is 16.5. The molecule has 29 heavy (non-hydrogen) atoms. The van der Waals surface area contributed by atoms with Gasteiger partial charge in [-0.15, -0.1) is 0 Å². The number of fused-ring (bicyclic) bond motifs is 1. The van der Waals surface area contributed by atoms with E-state index in [4.69, 9.17) is 4.74 Å². The average molecular weight is 390 g/mol. The van der Waals surface area contributed by atoms with Crippen molar-refractivity contribution in [3.05, 3.63) is 71.9 Å². The first-order valence-corrected chi connectivity index (χ1v) is 8.90. The SMILES string of the molecule is COc1ccc([C@@]2(C)NC(=O)N(NC(=O)c3ccc4ccccc4n3)C2=O)cc1. The number of ether oxygens (including phenoxy) is 1. The van der Waals surface area contributed by atoms with Crippen LogP contribution in [0.5, 0.6) is 5.75 Å². The number of para-hydroxylation sites is 1. The van der Waals surface area contributed by atoms with Crippen LogP contribution >= 0.6 is 0 Å². The third-order valence-corrected chi connectivity index (χ3v) is 4.90. The van der Waals surface area contributed by atoms with Crippen LogP contribution in [0, 0.1) is 0 Å². The van der Waals surface area contributed by atoms with Crippen molar-refractivity contribution in [2.75, 3.05) is 7.11 Å². The number of hydrogen-bond acceptors (Lipinski definition) is 5. The summed E-state index contributed by atoms with van der Waals surface area (Å²) in [6.45, 7) is 1.58. The Bertz CT molecular complexity index is 1130. The molecule has 0 aliphatic carbocycles. The summed E-state index contributed by atoms with van der Waals surface area (Å²) < 4.78 is 5.12. The Balaban J connectivity index is 1.57. The zero-order valence-corrected chi connectivity index (χ0v) is 15.8. The highest BCUT2D eigenvalue weighted by Gasteiger charge is 2.50. The Morgan fingerprint density at radius 2 is 1.79 bits per heavy atom. The third-order valence-electron chi connectivity index (χ3n) is 4.90. The predicted molar refractivity (Wildman–Crippen MR) is 105 cm³/mol. The summed E-state index contributed by atoms with van der Waals surface area (Å²) >= 11 is 0. The summed E-state index contributed by atoms with van der Waals surface area (Å²) in [6, 6.07) is 16.7. The van der Waals surface area contributed by atoms with Crippen LogP contribution in [0.15, 0.2) is 60.7 Å². The van der Waals surface area contributed by atoms with Crippen LogP contribution in [0.1, 0.15) is 23.0 Å². The molecule has 0 bridgehead atoms. The molecule has 0 radical (unpaired) electrons. The summed E-state index contributed by atoms with van der Waals surface area (Å²) in [4.78, 5) is 42.2. The van der Waals surface area contributed by atoms with Crippen molar-refractivity contribution in [1.82, 2.24) is 20.7 Å². The Morgan fingerprint density at radius 1 is 1.07 bits per heavy atom. The van der Waals surface area contributed by atoms with E-state index in [-0.39, 0.29) is 5.69 Å². The number of hydrogen-bond donors (Lipinski definition) is 2. The quantitative estimate of drug-likeness (QED) is 0.666. The van der Waals surface area contributed by atoms with Gasteiger partial charge in [0.25, 0.3) is 11.8 Å². The lowest BCUT2D eigenvalue weighted by Crippen LogP contribution is -2.48. The van der Waals surface area contributed by atoms with Crippen molar-refractivity contribution in [2.24, 2.45) is 0 Å². The molecule has 1 aliphatic rings. The number of benzene rings is 2. The van der Waals surface area contributed by atoms with E-state index in [1.807, 2.05) is 18.2 Å². The van der Waals surface area contributed by atoms with Crippen LogP contribution in [-0.4, -0.2) is 34.9 Å². The molecule has 8 heteroatoms. The zero-order chi connectivity index (χ0) is 20.6. The second kappa shape index (κ2) is 6.90. The molecule has 1 aliphatic heterocycles. The number of urea groups is 1. The molecule has 2 heterocycles. The van der Waals surface area contributed by atoms with Crippen LogP contribution in [0.2, 0.25) is 0 Å². The molecule has 1 saturated heterocycles. The Morgan fingerprint density at radius 3 is 2.52 bits per heavy atom. The normalized spacial score (nSPS) is 18.6. The first-order valence-electron chi connectivity index (χ1n) is 8.90. The number of methoxy groups -OCH3 is 1. The number of amides is 4. The maximum atomic E-state index is 12.9. The number of imide groups is 1. The number of hydrazine groups is 1. The van der Waals surface area contributed by atoms with Gasteiger partial charge in [0.2, 0.25) is 0 Å². The van der Waals surface area contributed by atoms with Crippen molar-refractivity contribution in [1.29, 1.82) is 0 Å². The fourth-order valence-electron chi connectivity index (χ4n) is 3.21. The number of rotatable bonds is 4. The van der Waals surface area contributed by atoms with E-state index in [0.29, 0.717) is 21.8 Å². The molecule has 4 rings (SSSR count). The van der Waals surface area contributed by atoms with Gasteiger partial charge in [-0.2, -0.15) is 5.01 Å². The van der Waals surface area contributed by atoms with Crippen LogP contribution < -0.4 is 15.5 Å². The summed E-state index contributed by atoms with van der Waals surface area (Å²) in [5, 5.41) is 4.20. The van der Waals surface area contributed by atoms with Gasteiger partial charge >= 0.3 is 6.03 Å². The van der Waals surface area contributed by atoms with Crippen LogP contribution in [0.25, 0.3) is 10.9 Å². The lowest BCUT2D eigenvalue weighted by Gasteiger charge is -2.22. The Labute approximate surface area is 166 Å². The topological polar surface area (TPSA) is 101 Å². The van der Waals surface area contributed by atoms with E-state index < -0.39 is 23.4 Å². The van der Waals surface area contributed by atoms with Crippen LogP contribution in [0.3, 0.4) is 0 Å². The van der Waals surface area contributed by atoms with Gasteiger partial charge in [0, 0.05) is 5.39 Å². The molecule has 1 fully saturated rings. The minimum atomic E-state index is -1.31. The lowest BCUT2D eigenvalue weighted by molar-refractivity contribution is -0.132. The molecule has 4 amide bonds. The minimum Gasteiger partial charge on any atom is -0.497 e. The molecule has 0 saturated carbocycles. The van der Waals surface area contributed by atoms with E-state index in [1.54, 1.807) is 49.4 Å². The highest BCUT2D eigenvalue weighted by molar-refractivity contribution is 6.09. The fraction of sp³-hybridized carbons (Fsp3) is 0.143. The van der Waals surface area contributed by atoms with Gasteiger partial charge in [-0.25, -0.2) is 9.78 Å². The molecular weight excluding hydrogens is 372 g/mol. The van der Waals surface area contributed by atoms with Crippen molar-refractivity contribution in [3.8, 4) is 5.75 Å². The van der Waals surface area contributed by atoms with E-state index >= 15 is 0 Å². The Kier molecular flexibility index (Phi) is 4.38. The standard InChI is InChI=1S/C21H18N4O4/c1-21(14-8-10-15(29-2)11-9-14)19(27)25(20(28)23-21)24-18(26)17-12-7-13-5-3-4-6-16(13)22-17/h3-12H,1-2H3,(H,23,28)(H,24,26)/t21-/m1/s1. The number of pyridine rings is 1. The van der Waals surface area contributed by atoms with E-state index in [0.717, 1.165) is 5.39 Å². The monoisotopic (exact) mass is 390 g/mol. The summed E-state index contributed by atoms with van der Waals surface area (Å²) in [5.41, 5.74) is 2.35. The molecule has 3 aromatic rings. The summed E-state index contributed by atoms with van der Waals surface area (Å²) in [7, 11) is 1.54. The van der Waals surface area contributed by atoms with Crippen molar-refractivity contribution < 1.29 is 19.1 Å². The minimum absolute atomic E-state index is 0.0994. The Hall–Kier alpha value is -3.94. The largest absolute Gasteiger partial charge is 0.497 e. The van der Waals surface area contributed by atoms with E-state index in [1.165, 1.54) is 7.11 Å². The van der Waals surface area contributed by atoms with E-state index in [2.05, 4.69) is 15.7 Å². The zero-order valence-electron chi connectivity index (χ0n) is 15.8. The van der Waals surface area contributed by atoms with Crippen molar-refractivity contribution >= 4 is 28.7 Å². The molecular formula is C21H18N4O4. The number of aromatic nitrogens is 1. The van der Waals surface area contributed by atoms with E-state index in [9.17, 15) is 14.4 Å². The highest BCUT2D eigenvalue weighted by Crippen LogP contribution is 2.29. The van der Waals surface area contributed by atoms with Gasteiger partial charge in [-0.1, -0.05) is 36.4 Å². The molecule has 0 unspecified atom stereocenters. The van der Waals surface area contributed by atoms with Crippen molar-refractivity contribution in [3.63, 3.8) is 0 Å². The summed E-state index contributed by atoms with van der Waals surface area (Å²) in [5.74, 6) is -0.623. The molecule has 1 aromatic heterocycles. The molecule has 8 nitrogen and oxygen atoms in total.